The van der Waals surface area contributed by atoms with Crippen molar-refractivity contribution in [2.24, 2.45) is 0 Å². The molecule has 0 saturated heterocycles. The number of hydrogen-bond acceptors (Lipinski definition) is 4. The molecule has 0 unspecified atom stereocenters. The maximum atomic E-state index is 11.9. The zero-order valence-corrected chi connectivity index (χ0v) is 13.6. The first-order valence-corrected chi connectivity index (χ1v) is 7.33. The molecule has 6 nitrogen and oxygen atoms in total. The molecule has 2 amide bonds. The van der Waals surface area contributed by atoms with E-state index in [0.29, 0.717) is 27.6 Å². The number of rotatable bonds is 4. The van der Waals surface area contributed by atoms with Gasteiger partial charge in [-0.2, -0.15) is 5.26 Å². The first-order chi connectivity index (χ1) is 11.5. The topological polar surface area (TPSA) is 91.2 Å². The second kappa shape index (κ2) is 7.99. The molecule has 7 heteroatoms. The third-order valence-electron chi connectivity index (χ3n) is 3.17. The summed E-state index contributed by atoms with van der Waals surface area (Å²) in [5.74, 6) is -1.06. The molecule has 0 fully saturated rings. The maximum absolute atomic E-state index is 11.9. The number of nitrogens with one attached hydrogen (secondary N) is 2. The largest absolute Gasteiger partial charge is 0.496 e. The predicted molar refractivity (Wildman–Crippen MR) is 89.6 cm³/mol. The molecule has 0 bridgehead atoms. The van der Waals surface area contributed by atoms with Crippen LogP contribution in [0.15, 0.2) is 42.5 Å². The molecule has 0 saturated carbocycles. The molecular weight excluding hydrogens is 330 g/mol. The van der Waals surface area contributed by atoms with E-state index in [4.69, 9.17) is 21.6 Å². The number of carbonyl (C=O) groups is 2. The lowest BCUT2D eigenvalue weighted by molar-refractivity contribution is -0.136. The van der Waals surface area contributed by atoms with E-state index in [2.05, 4.69) is 10.6 Å². The van der Waals surface area contributed by atoms with Gasteiger partial charge in [0, 0.05) is 22.8 Å². The third kappa shape index (κ3) is 4.48. The van der Waals surface area contributed by atoms with E-state index < -0.39 is 11.8 Å². The van der Waals surface area contributed by atoms with Crippen LogP contribution in [-0.4, -0.2) is 18.9 Å². The predicted octanol–water partition coefficient (Wildman–Crippen LogP) is 2.48. The molecule has 2 rings (SSSR count). The monoisotopic (exact) mass is 343 g/mol. The molecule has 2 N–H and O–H groups in total. The Morgan fingerprint density at radius 1 is 1.17 bits per heavy atom. The lowest BCUT2D eigenvalue weighted by Gasteiger charge is -2.10. The minimum absolute atomic E-state index is 0.125. The maximum Gasteiger partial charge on any atom is 0.313 e. The fourth-order valence-corrected chi connectivity index (χ4v) is 2.10. The van der Waals surface area contributed by atoms with E-state index in [-0.39, 0.29) is 6.54 Å². The molecule has 0 heterocycles. The Kier molecular flexibility index (Phi) is 5.77. The molecular formula is C17H14ClN3O3. The van der Waals surface area contributed by atoms with Crippen LogP contribution < -0.4 is 15.4 Å². The summed E-state index contributed by atoms with van der Waals surface area (Å²) < 4.78 is 5.17. The highest BCUT2D eigenvalue weighted by Gasteiger charge is 2.14. The van der Waals surface area contributed by atoms with Crippen molar-refractivity contribution in [3.8, 4) is 11.8 Å². The first kappa shape index (κ1) is 17.3. The van der Waals surface area contributed by atoms with Crippen LogP contribution in [0.25, 0.3) is 0 Å². The van der Waals surface area contributed by atoms with Crippen molar-refractivity contribution < 1.29 is 14.3 Å². The summed E-state index contributed by atoms with van der Waals surface area (Å²) in [4.78, 5) is 23.7. The van der Waals surface area contributed by atoms with Gasteiger partial charge < -0.3 is 15.4 Å². The van der Waals surface area contributed by atoms with Gasteiger partial charge in [-0.3, -0.25) is 9.59 Å². The molecule has 2 aromatic rings. The normalized spacial score (nSPS) is 9.71. The Labute approximate surface area is 144 Å². The Hall–Kier alpha value is -3.04. The van der Waals surface area contributed by atoms with Gasteiger partial charge in [0.2, 0.25) is 0 Å². The molecule has 0 spiro atoms. The fourth-order valence-electron chi connectivity index (χ4n) is 1.94. The molecule has 0 aliphatic rings. The number of benzene rings is 2. The molecule has 0 radical (unpaired) electrons. The lowest BCUT2D eigenvalue weighted by Crippen LogP contribution is -2.35. The van der Waals surface area contributed by atoms with E-state index >= 15 is 0 Å². The molecule has 0 aromatic heterocycles. The Balaban J connectivity index is 1.94. The number of ether oxygens (including phenoxy) is 1. The van der Waals surface area contributed by atoms with Crippen molar-refractivity contribution in [1.29, 1.82) is 5.26 Å². The summed E-state index contributed by atoms with van der Waals surface area (Å²) in [6.07, 6.45) is 0. The van der Waals surface area contributed by atoms with Crippen LogP contribution >= 0.6 is 11.6 Å². The van der Waals surface area contributed by atoms with Gasteiger partial charge in [0.25, 0.3) is 0 Å². The molecule has 24 heavy (non-hydrogen) atoms. The van der Waals surface area contributed by atoms with Crippen LogP contribution in [0.4, 0.5) is 5.69 Å². The minimum Gasteiger partial charge on any atom is -0.496 e. The quantitative estimate of drug-likeness (QED) is 0.834. The zero-order chi connectivity index (χ0) is 17.5. The lowest BCUT2D eigenvalue weighted by atomic mass is 10.2. The van der Waals surface area contributed by atoms with Crippen molar-refractivity contribution in [1.82, 2.24) is 5.32 Å². The number of amides is 2. The first-order valence-electron chi connectivity index (χ1n) is 6.95. The van der Waals surface area contributed by atoms with Crippen molar-refractivity contribution in [3.05, 3.63) is 58.6 Å². The van der Waals surface area contributed by atoms with Crippen molar-refractivity contribution in [2.45, 2.75) is 6.54 Å². The number of nitrogens with zero attached hydrogens (tertiary/aromatic N) is 1. The van der Waals surface area contributed by atoms with Crippen molar-refractivity contribution in [2.75, 3.05) is 12.4 Å². The van der Waals surface area contributed by atoms with Crippen LogP contribution in [-0.2, 0) is 16.1 Å². The summed E-state index contributed by atoms with van der Waals surface area (Å²) in [5.41, 5.74) is 1.59. The second-order valence-corrected chi connectivity index (χ2v) is 5.22. The SMILES string of the molecule is COc1cc(Cl)ccc1CNC(=O)C(=O)Nc1ccc(C#N)cc1. The van der Waals surface area contributed by atoms with Gasteiger partial charge in [-0.15, -0.1) is 0 Å². The van der Waals surface area contributed by atoms with E-state index in [1.807, 2.05) is 6.07 Å². The average Bonchev–Trinajstić information content (AvgIpc) is 2.60. The Bertz CT molecular complexity index is 798. The van der Waals surface area contributed by atoms with Crippen LogP contribution in [0.5, 0.6) is 5.75 Å². The summed E-state index contributed by atoms with van der Waals surface area (Å²) in [6, 6.07) is 13.2. The van der Waals surface area contributed by atoms with Crippen LogP contribution in [0, 0.1) is 11.3 Å². The smallest absolute Gasteiger partial charge is 0.313 e. The van der Waals surface area contributed by atoms with E-state index in [1.165, 1.54) is 7.11 Å². The molecule has 2 aromatic carbocycles. The van der Waals surface area contributed by atoms with Gasteiger partial charge in [-0.25, -0.2) is 0 Å². The molecule has 0 aliphatic carbocycles. The number of anilines is 1. The molecule has 0 atom stereocenters. The number of methoxy groups -OCH3 is 1. The van der Waals surface area contributed by atoms with E-state index in [0.717, 1.165) is 0 Å². The minimum atomic E-state index is -0.798. The van der Waals surface area contributed by atoms with Gasteiger partial charge in [-0.1, -0.05) is 17.7 Å². The summed E-state index contributed by atoms with van der Waals surface area (Å²) in [7, 11) is 1.49. The number of nitriles is 1. The highest BCUT2D eigenvalue weighted by Crippen LogP contribution is 2.22. The van der Waals surface area contributed by atoms with Crippen LogP contribution in [0.3, 0.4) is 0 Å². The summed E-state index contributed by atoms with van der Waals surface area (Å²) in [6.45, 7) is 0.125. The fraction of sp³-hybridized carbons (Fsp3) is 0.118. The van der Waals surface area contributed by atoms with Crippen LogP contribution in [0.2, 0.25) is 5.02 Å². The standard InChI is InChI=1S/C17H14ClN3O3/c1-24-15-8-13(18)5-4-12(15)10-20-16(22)17(23)21-14-6-2-11(9-19)3-7-14/h2-8H,10H2,1H3,(H,20,22)(H,21,23). The summed E-state index contributed by atoms with van der Waals surface area (Å²) in [5, 5.41) is 14.2. The number of hydrogen-bond donors (Lipinski definition) is 2. The van der Waals surface area contributed by atoms with Gasteiger partial charge in [-0.05, 0) is 36.4 Å². The van der Waals surface area contributed by atoms with E-state index in [9.17, 15) is 9.59 Å². The Morgan fingerprint density at radius 2 is 1.88 bits per heavy atom. The molecule has 0 aliphatic heterocycles. The van der Waals surface area contributed by atoms with E-state index in [1.54, 1.807) is 42.5 Å². The van der Waals surface area contributed by atoms with Crippen molar-refractivity contribution >= 4 is 29.1 Å². The van der Waals surface area contributed by atoms with Crippen molar-refractivity contribution in [3.63, 3.8) is 0 Å². The number of halogens is 1. The van der Waals surface area contributed by atoms with Gasteiger partial charge in [0.15, 0.2) is 0 Å². The highest BCUT2D eigenvalue weighted by atomic mass is 35.5. The average molecular weight is 344 g/mol. The van der Waals surface area contributed by atoms with Crippen LogP contribution in [0.1, 0.15) is 11.1 Å². The Morgan fingerprint density at radius 3 is 2.50 bits per heavy atom. The van der Waals surface area contributed by atoms with Gasteiger partial charge >= 0.3 is 11.8 Å². The number of carbonyl (C=O) groups excluding carboxylic acids is 2. The third-order valence-corrected chi connectivity index (χ3v) is 3.40. The highest BCUT2D eigenvalue weighted by molar-refractivity contribution is 6.39. The zero-order valence-electron chi connectivity index (χ0n) is 12.8. The summed E-state index contributed by atoms with van der Waals surface area (Å²) >= 11 is 5.87. The molecule has 122 valence electrons. The van der Waals surface area contributed by atoms with Gasteiger partial charge in [0.1, 0.15) is 5.75 Å². The second-order valence-electron chi connectivity index (χ2n) is 4.78. The van der Waals surface area contributed by atoms with Gasteiger partial charge in [0.05, 0.1) is 18.7 Å².